The Balaban J connectivity index is 2.39. The lowest BCUT2D eigenvalue weighted by molar-refractivity contribution is -0.149. The third kappa shape index (κ3) is 4.33. The molecule has 0 N–H and O–H groups in total. The second-order valence-electron chi connectivity index (χ2n) is 4.71. The van der Waals surface area contributed by atoms with E-state index in [-0.39, 0.29) is 16.3 Å². The maximum atomic E-state index is 12.8. The molecular weight excluding hydrogens is 368 g/mol. The number of rotatable bonds is 4. The van der Waals surface area contributed by atoms with Crippen molar-refractivity contribution in [2.45, 2.75) is 12.3 Å². The van der Waals surface area contributed by atoms with Crippen LogP contribution in [0.15, 0.2) is 42.5 Å². The van der Waals surface area contributed by atoms with Gasteiger partial charge in [0.15, 0.2) is 0 Å². The van der Waals surface area contributed by atoms with E-state index < -0.39 is 23.8 Å². The van der Waals surface area contributed by atoms with Gasteiger partial charge in [-0.3, -0.25) is 0 Å². The molecule has 3 nitrogen and oxygen atoms in total. The second-order valence-corrected chi connectivity index (χ2v) is 5.56. The van der Waals surface area contributed by atoms with Gasteiger partial charge in [-0.25, -0.2) is 4.79 Å². The highest BCUT2D eigenvalue weighted by Crippen LogP contribution is 2.34. The largest absolute Gasteiger partial charge is 0.474 e. The quantitative estimate of drug-likeness (QED) is 0.676. The number of benzene rings is 2. The summed E-state index contributed by atoms with van der Waals surface area (Å²) in [6.45, 7) is 0. The zero-order valence-electron chi connectivity index (χ0n) is 12.2. The van der Waals surface area contributed by atoms with Crippen LogP contribution in [0.25, 0.3) is 0 Å². The van der Waals surface area contributed by atoms with Crippen molar-refractivity contribution in [3.63, 3.8) is 0 Å². The molecule has 1 unspecified atom stereocenters. The van der Waals surface area contributed by atoms with Gasteiger partial charge in [-0.05, 0) is 30.3 Å². The fraction of sp³-hybridized carbons (Fsp3) is 0.188. The van der Waals surface area contributed by atoms with Gasteiger partial charge in [-0.15, -0.1) is 0 Å². The Labute approximate surface area is 145 Å². The molecule has 128 valence electrons. The Kier molecular flexibility index (Phi) is 5.62. The summed E-state index contributed by atoms with van der Waals surface area (Å²) in [7, 11) is 1.13. The molecule has 0 spiro atoms. The van der Waals surface area contributed by atoms with Crippen molar-refractivity contribution in [3.8, 4) is 5.75 Å². The monoisotopic (exact) mass is 378 g/mol. The number of methoxy groups -OCH3 is 1. The molecule has 0 aliphatic heterocycles. The van der Waals surface area contributed by atoms with Gasteiger partial charge in [0, 0.05) is 15.6 Å². The summed E-state index contributed by atoms with van der Waals surface area (Å²) in [4.78, 5) is 12.0. The number of ether oxygens (including phenoxy) is 2. The molecule has 0 heterocycles. The highest BCUT2D eigenvalue weighted by molar-refractivity contribution is 6.35. The molecule has 0 saturated heterocycles. The van der Waals surface area contributed by atoms with Crippen molar-refractivity contribution < 1.29 is 27.4 Å². The van der Waals surface area contributed by atoms with Crippen molar-refractivity contribution in [1.82, 2.24) is 0 Å². The van der Waals surface area contributed by atoms with E-state index in [1.54, 1.807) is 0 Å². The molecule has 2 aromatic rings. The normalized spacial score (nSPS) is 12.6. The molecule has 0 aliphatic rings. The molecule has 0 aromatic heterocycles. The number of hydrogen-bond donors (Lipinski definition) is 0. The molecule has 0 fully saturated rings. The number of hydrogen-bond acceptors (Lipinski definition) is 3. The molecule has 0 radical (unpaired) electrons. The van der Waals surface area contributed by atoms with E-state index in [0.717, 1.165) is 19.2 Å². The lowest BCUT2D eigenvalue weighted by atomic mass is 10.1. The van der Waals surface area contributed by atoms with Gasteiger partial charge in [0.1, 0.15) is 5.75 Å². The van der Waals surface area contributed by atoms with Gasteiger partial charge in [-0.2, -0.15) is 13.2 Å². The van der Waals surface area contributed by atoms with Crippen LogP contribution in [0.3, 0.4) is 0 Å². The van der Waals surface area contributed by atoms with E-state index >= 15 is 0 Å². The average Bonchev–Trinajstić information content (AvgIpc) is 2.52. The van der Waals surface area contributed by atoms with E-state index in [1.165, 1.54) is 30.3 Å². The molecule has 8 heteroatoms. The van der Waals surface area contributed by atoms with Crippen molar-refractivity contribution >= 4 is 29.2 Å². The first-order chi connectivity index (χ1) is 11.2. The topological polar surface area (TPSA) is 35.5 Å². The molecule has 0 bridgehead atoms. The molecular formula is C16H11Cl2F3O3. The molecule has 2 aromatic carbocycles. The van der Waals surface area contributed by atoms with Gasteiger partial charge < -0.3 is 9.47 Å². The van der Waals surface area contributed by atoms with Crippen LogP contribution in [0.1, 0.15) is 17.2 Å². The average molecular weight is 379 g/mol. The van der Waals surface area contributed by atoms with Gasteiger partial charge in [0.2, 0.25) is 6.10 Å². The first-order valence-corrected chi connectivity index (χ1v) is 7.34. The van der Waals surface area contributed by atoms with E-state index in [1.807, 2.05) is 0 Å². The maximum absolute atomic E-state index is 12.8. The van der Waals surface area contributed by atoms with Crippen molar-refractivity contribution in [2.75, 3.05) is 7.11 Å². The van der Waals surface area contributed by atoms with E-state index in [9.17, 15) is 18.0 Å². The summed E-state index contributed by atoms with van der Waals surface area (Å²) >= 11 is 11.8. The highest BCUT2D eigenvalue weighted by Gasteiger charge is 2.32. The smallest absolute Gasteiger partial charge is 0.416 e. The van der Waals surface area contributed by atoms with Gasteiger partial charge in [-0.1, -0.05) is 35.3 Å². The van der Waals surface area contributed by atoms with Crippen LogP contribution in [0.2, 0.25) is 10.0 Å². The number of alkyl halides is 3. The molecule has 24 heavy (non-hydrogen) atoms. The number of esters is 1. The van der Waals surface area contributed by atoms with Crippen LogP contribution < -0.4 is 4.74 Å². The Morgan fingerprint density at radius 2 is 1.83 bits per heavy atom. The fourth-order valence-corrected chi connectivity index (χ4v) is 2.45. The van der Waals surface area contributed by atoms with Crippen LogP contribution in [0, 0.1) is 0 Å². The van der Waals surface area contributed by atoms with Gasteiger partial charge >= 0.3 is 12.1 Å². The van der Waals surface area contributed by atoms with Crippen molar-refractivity contribution in [3.05, 3.63) is 63.6 Å². The maximum Gasteiger partial charge on any atom is 0.416 e. The first kappa shape index (κ1) is 18.4. The fourth-order valence-electron chi connectivity index (χ4n) is 1.94. The predicted molar refractivity (Wildman–Crippen MR) is 83.3 cm³/mol. The minimum atomic E-state index is -4.53. The summed E-state index contributed by atoms with van der Waals surface area (Å²) in [5, 5.41) is 0.469. The van der Waals surface area contributed by atoms with Crippen LogP contribution in [0.4, 0.5) is 13.2 Å². The van der Waals surface area contributed by atoms with Crippen LogP contribution >= 0.6 is 23.2 Å². The molecule has 0 aliphatic carbocycles. The Bertz CT molecular complexity index is 748. The van der Waals surface area contributed by atoms with Crippen LogP contribution in [-0.2, 0) is 15.7 Å². The minimum Gasteiger partial charge on any atom is -0.474 e. The summed E-state index contributed by atoms with van der Waals surface area (Å²) in [6.07, 6.45) is -5.86. The van der Waals surface area contributed by atoms with Crippen LogP contribution in [0.5, 0.6) is 5.75 Å². The molecule has 2 rings (SSSR count). The third-order valence-electron chi connectivity index (χ3n) is 3.08. The van der Waals surface area contributed by atoms with E-state index in [4.69, 9.17) is 27.9 Å². The summed E-state index contributed by atoms with van der Waals surface area (Å²) in [6, 6.07) is 8.48. The Hall–Kier alpha value is -1.92. The Morgan fingerprint density at radius 1 is 1.12 bits per heavy atom. The van der Waals surface area contributed by atoms with Crippen LogP contribution in [-0.4, -0.2) is 13.1 Å². The van der Waals surface area contributed by atoms with Crippen molar-refractivity contribution in [2.24, 2.45) is 0 Å². The predicted octanol–water partition coefficient (Wildman–Crippen LogP) is 5.31. The number of halogens is 5. The van der Waals surface area contributed by atoms with Gasteiger partial charge in [0.05, 0.1) is 12.7 Å². The Morgan fingerprint density at radius 3 is 2.42 bits per heavy atom. The minimum absolute atomic E-state index is 0.130. The first-order valence-electron chi connectivity index (χ1n) is 6.59. The lowest BCUT2D eigenvalue weighted by Crippen LogP contribution is -2.21. The van der Waals surface area contributed by atoms with Gasteiger partial charge in [0.25, 0.3) is 0 Å². The summed E-state index contributed by atoms with van der Waals surface area (Å²) in [5.74, 6) is -0.956. The summed E-state index contributed by atoms with van der Waals surface area (Å²) in [5.41, 5.74) is -0.670. The zero-order valence-corrected chi connectivity index (χ0v) is 13.7. The highest BCUT2D eigenvalue weighted by atomic mass is 35.5. The van der Waals surface area contributed by atoms with E-state index in [2.05, 4.69) is 4.74 Å². The molecule has 0 amide bonds. The molecule has 0 saturated carbocycles. The number of carbonyl (C=O) groups excluding carboxylic acids is 1. The second kappa shape index (κ2) is 7.32. The number of carbonyl (C=O) groups is 1. The third-order valence-corrected chi connectivity index (χ3v) is 3.64. The zero-order chi connectivity index (χ0) is 17.9. The summed E-state index contributed by atoms with van der Waals surface area (Å²) < 4.78 is 48.4. The van der Waals surface area contributed by atoms with E-state index in [0.29, 0.717) is 5.02 Å². The van der Waals surface area contributed by atoms with Crippen molar-refractivity contribution in [1.29, 1.82) is 0 Å². The molecule has 1 atom stereocenters. The SMILES string of the molecule is COC(=O)C(Oc1cccc(C(F)(F)F)c1)c1ccc(Cl)cc1Cl. The lowest BCUT2D eigenvalue weighted by Gasteiger charge is -2.19. The standard InChI is InChI=1S/C16H11Cl2F3O3/c1-23-15(22)14(12-6-5-10(17)8-13(12)18)24-11-4-2-3-9(7-11)16(19,20)21/h2-8,14H,1H3.